The highest BCUT2D eigenvalue weighted by molar-refractivity contribution is 5.09. The van der Waals surface area contributed by atoms with Crippen LogP contribution in [0.4, 0.5) is 0 Å². The molecule has 2 unspecified atom stereocenters. The highest BCUT2D eigenvalue weighted by Gasteiger charge is 2.27. The van der Waals surface area contributed by atoms with Gasteiger partial charge in [0, 0.05) is 31.4 Å². The fraction of sp³-hybridized carbons (Fsp3) is 0.750. The van der Waals surface area contributed by atoms with Crippen molar-refractivity contribution in [2.75, 3.05) is 13.1 Å². The van der Waals surface area contributed by atoms with Gasteiger partial charge in [-0.1, -0.05) is 6.92 Å². The Labute approximate surface area is 97.2 Å². The van der Waals surface area contributed by atoms with Crippen LogP contribution in [-0.2, 0) is 7.05 Å². The van der Waals surface area contributed by atoms with Crippen LogP contribution in [0.1, 0.15) is 31.4 Å². The summed E-state index contributed by atoms with van der Waals surface area (Å²) < 4.78 is 1.79. The average Bonchev–Trinajstić information content (AvgIpc) is 3.01. The molecule has 1 heterocycles. The smallest absolute Gasteiger partial charge is 0.0537 e. The Kier molecular flexibility index (Phi) is 3.61. The maximum Gasteiger partial charge on any atom is 0.0537 e. The molecule has 4 heteroatoms. The number of aryl methyl sites for hydroxylation is 1. The second-order valence-electron chi connectivity index (χ2n) is 5.03. The van der Waals surface area contributed by atoms with Crippen LogP contribution in [0, 0.1) is 11.8 Å². The van der Waals surface area contributed by atoms with Gasteiger partial charge in [-0.05, 0) is 31.2 Å². The van der Waals surface area contributed by atoms with Gasteiger partial charge in [-0.25, -0.2) is 0 Å². The molecule has 2 atom stereocenters. The molecule has 1 aromatic heterocycles. The first-order chi connectivity index (χ1) is 7.66. The molecule has 90 valence electrons. The van der Waals surface area contributed by atoms with Gasteiger partial charge in [-0.3, -0.25) is 4.68 Å². The third-order valence-electron chi connectivity index (χ3n) is 3.41. The van der Waals surface area contributed by atoms with Crippen molar-refractivity contribution in [2.24, 2.45) is 24.6 Å². The molecule has 3 N–H and O–H groups in total. The molecule has 2 rings (SSSR count). The van der Waals surface area contributed by atoms with Gasteiger partial charge in [0.05, 0.1) is 6.20 Å². The molecule has 0 aliphatic heterocycles. The van der Waals surface area contributed by atoms with Gasteiger partial charge >= 0.3 is 0 Å². The summed E-state index contributed by atoms with van der Waals surface area (Å²) in [7, 11) is 1.92. The van der Waals surface area contributed by atoms with Gasteiger partial charge in [0.2, 0.25) is 0 Å². The molecular weight excluding hydrogens is 200 g/mol. The molecule has 1 saturated carbocycles. The number of rotatable bonds is 6. The normalized spacial score (nSPS) is 19.7. The lowest BCUT2D eigenvalue weighted by atomic mass is 10.1. The van der Waals surface area contributed by atoms with E-state index >= 15 is 0 Å². The van der Waals surface area contributed by atoms with Crippen LogP contribution >= 0.6 is 0 Å². The second kappa shape index (κ2) is 4.97. The summed E-state index contributed by atoms with van der Waals surface area (Å²) in [5.74, 6) is 1.75. The van der Waals surface area contributed by atoms with E-state index in [4.69, 9.17) is 5.73 Å². The molecule has 0 saturated heterocycles. The first-order valence-corrected chi connectivity index (χ1v) is 6.11. The summed E-state index contributed by atoms with van der Waals surface area (Å²) in [6.45, 7) is 4.24. The number of hydrogen-bond acceptors (Lipinski definition) is 3. The molecule has 0 amide bonds. The van der Waals surface area contributed by atoms with Crippen molar-refractivity contribution in [3.8, 4) is 0 Å². The Bertz CT molecular complexity index is 330. The minimum Gasteiger partial charge on any atom is -0.323 e. The fourth-order valence-corrected chi connectivity index (χ4v) is 2.05. The third kappa shape index (κ3) is 3.06. The van der Waals surface area contributed by atoms with Crippen LogP contribution in [-0.4, -0.2) is 22.9 Å². The first-order valence-electron chi connectivity index (χ1n) is 6.11. The van der Waals surface area contributed by atoms with Crippen molar-refractivity contribution in [1.82, 2.24) is 15.1 Å². The van der Waals surface area contributed by atoms with Gasteiger partial charge in [0.25, 0.3) is 0 Å². The lowest BCUT2D eigenvalue weighted by Crippen LogP contribution is -2.30. The van der Waals surface area contributed by atoms with Crippen molar-refractivity contribution >= 4 is 0 Å². The Hall–Kier alpha value is -0.870. The molecule has 0 spiro atoms. The maximum atomic E-state index is 6.07. The summed E-state index contributed by atoms with van der Waals surface area (Å²) in [5, 5.41) is 7.58. The van der Waals surface area contributed by atoms with Crippen molar-refractivity contribution in [3.05, 3.63) is 18.0 Å². The van der Waals surface area contributed by atoms with Crippen LogP contribution in [0.25, 0.3) is 0 Å². The van der Waals surface area contributed by atoms with Gasteiger partial charge in [0.1, 0.15) is 0 Å². The van der Waals surface area contributed by atoms with Crippen molar-refractivity contribution in [2.45, 2.75) is 25.8 Å². The quantitative estimate of drug-likeness (QED) is 0.756. The van der Waals surface area contributed by atoms with E-state index in [0.29, 0.717) is 0 Å². The molecule has 0 bridgehead atoms. The van der Waals surface area contributed by atoms with Gasteiger partial charge in [0.15, 0.2) is 0 Å². The molecule has 0 radical (unpaired) electrons. The van der Waals surface area contributed by atoms with E-state index in [1.54, 1.807) is 4.68 Å². The van der Waals surface area contributed by atoms with Crippen LogP contribution in [0.15, 0.2) is 12.4 Å². The van der Waals surface area contributed by atoms with E-state index in [-0.39, 0.29) is 6.04 Å². The van der Waals surface area contributed by atoms with Crippen LogP contribution in [0.2, 0.25) is 0 Å². The average molecular weight is 222 g/mol. The summed E-state index contributed by atoms with van der Waals surface area (Å²) in [6.07, 6.45) is 6.66. The summed E-state index contributed by atoms with van der Waals surface area (Å²) in [6, 6.07) is 0.0557. The predicted octanol–water partition coefficient (Wildman–Crippen LogP) is 1.06. The van der Waals surface area contributed by atoms with E-state index in [9.17, 15) is 0 Å². The van der Waals surface area contributed by atoms with E-state index in [0.717, 1.165) is 30.5 Å². The van der Waals surface area contributed by atoms with E-state index in [1.165, 1.54) is 12.8 Å². The Morgan fingerprint density at radius 3 is 2.88 bits per heavy atom. The molecular formula is C12H22N4. The minimum absolute atomic E-state index is 0.0557. The van der Waals surface area contributed by atoms with Crippen LogP contribution < -0.4 is 11.1 Å². The first kappa shape index (κ1) is 11.6. The number of hydrogen-bond donors (Lipinski definition) is 2. The van der Waals surface area contributed by atoms with Gasteiger partial charge < -0.3 is 11.1 Å². The largest absolute Gasteiger partial charge is 0.323 e. The molecule has 1 aliphatic rings. The monoisotopic (exact) mass is 222 g/mol. The summed E-state index contributed by atoms with van der Waals surface area (Å²) in [4.78, 5) is 0. The SMILES string of the molecule is CC(CNCC(N)c1cnn(C)c1)C1CC1. The molecule has 1 aromatic rings. The van der Waals surface area contributed by atoms with E-state index in [2.05, 4.69) is 17.3 Å². The Morgan fingerprint density at radius 2 is 2.31 bits per heavy atom. The van der Waals surface area contributed by atoms with Crippen LogP contribution in [0.3, 0.4) is 0 Å². The highest BCUT2D eigenvalue weighted by Crippen LogP contribution is 2.36. The van der Waals surface area contributed by atoms with Crippen molar-refractivity contribution in [1.29, 1.82) is 0 Å². The Balaban J connectivity index is 1.69. The standard InChI is InChI=1S/C12H22N4/c1-9(10-3-4-10)5-14-7-12(13)11-6-15-16(2)8-11/h6,8-10,12,14H,3-5,7,13H2,1-2H3. The predicted molar refractivity (Wildman–Crippen MR) is 64.9 cm³/mol. The fourth-order valence-electron chi connectivity index (χ4n) is 2.05. The zero-order valence-electron chi connectivity index (χ0n) is 10.2. The molecule has 16 heavy (non-hydrogen) atoms. The van der Waals surface area contributed by atoms with Crippen molar-refractivity contribution < 1.29 is 0 Å². The molecule has 0 aromatic carbocycles. The van der Waals surface area contributed by atoms with Gasteiger partial charge in [-0.2, -0.15) is 5.10 Å². The minimum atomic E-state index is 0.0557. The van der Waals surface area contributed by atoms with E-state index in [1.807, 2.05) is 19.4 Å². The summed E-state index contributed by atoms with van der Waals surface area (Å²) in [5.41, 5.74) is 7.18. The second-order valence-corrected chi connectivity index (χ2v) is 5.03. The highest BCUT2D eigenvalue weighted by atomic mass is 15.2. The number of nitrogens with one attached hydrogen (secondary N) is 1. The lowest BCUT2D eigenvalue weighted by molar-refractivity contribution is 0.450. The number of aromatic nitrogens is 2. The zero-order chi connectivity index (χ0) is 11.5. The molecule has 4 nitrogen and oxygen atoms in total. The van der Waals surface area contributed by atoms with Crippen molar-refractivity contribution in [3.63, 3.8) is 0 Å². The molecule has 1 aliphatic carbocycles. The Morgan fingerprint density at radius 1 is 1.56 bits per heavy atom. The maximum absolute atomic E-state index is 6.07. The summed E-state index contributed by atoms with van der Waals surface area (Å²) >= 11 is 0. The third-order valence-corrected chi connectivity index (χ3v) is 3.41. The topological polar surface area (TPSA) is 55.9 Å². The number of nitrogens with two attached hydrogens (primary N) is 1. The van der Waals surface area contributed by atoms with Crippen LogP contribution in [0.5, 0.6) is 0 Å². The number of nitrogens with zero attached hydrogens (tertiary/aromatic N) is 2. The molecule has 1 fully saturated rings. The van der Waals surface area contributed by atoms with E-state index < -0.39 is 0 Å². The lowest BCUT2D eigenvalue weighted by Gasteiger charge is -2.14. The zero-order valence-corrected chi connectivity index (χ0v) is 10.2. The van der Waals surface area contributed by atoms with Gasteiger partial charge in [-0.15, -0.1) is 0 Å².